The van der Waals surface area contributed by atoms with Crippen molar-refractivity contribution in [3.63, 3.8) is 0 Å². The van der Waals surface area contributed by atoms with Gasteiger partial charge in [-0.25, -0.2) is 4.68 Å². The number of rotatable bonds is 2. The van der Waals surface area contributed by atoms with Gasteiger partial charge in [-0.05, 0) is 32.0 Å². The third-order valence-corrected chi connectivity index (χ3v) is 3.04. The summed E-state index contributed by atoms with van der Waals surface area (Å²) in [5.41, 5.74) is 1.62. The summed E-state index contributed by atoms with van der Waals surface area (Å²) in [6, 6.07) is 6.67. The second-order valence-corrected chi connectivity index (χ2v) is 4.37. The molecule has 0 amide bonds. The zero-order valence-corrected chi connectivity index (χ0v) is 11.0. The first kappa shape index (κ1) is 13.1. The van der Waals surface area contributed by atoms with Gasteiger partial charge in [-0.2, -0.15) is 10.4 Å². The largest absolute Gasteiger partial charge is 0.313 e. The van der Waals surface area contributed by atoms with Gasteiger partial charge in [0.05, 0.1) is 27.3 Å². The molecular formula is C12H9ClN4O2. The molecule has 0 spiro atoms. The van der Waals surface area contributed by atoms with Crippen molar-refractivity contribution in [3.05, 3.63) is 50.3 Å². The minimum Gasteiger partial charge on any atom is -0.258 e. The lowest BCUT2D eigenvalue weighted by Crippen LogP contribution is -2.01. The number of halogens is 1. The van der Waals surface area contributed by atoms with E-state index in [-0.39, 0.29) is 5.69 Å². The molecule has 0 N–H and O–H groups in total. The van der Waals surface area contributed by atoms with Gasteiger partial charge in [-0.15, -0.1) is 0 Å². The van der Waals surface area contributed by atoms with E-state index >= 15 is 0 Å². The Morgan fingerprint density at radius 3 is 2.63 bits per heavy atom. The van der Waals surface area contributed by atoms with Crippen molar-refractivity contribution in [2.45, 2.75) is 13.8 Å². The quantitative estimate of drug-likeness (QED) is 0.623. The van der Waals surface area contributed by atoms with Crippen LogP contribution < -0.4 is 0 Å². The van der Waals surface area contributed by atoms with Gasteiger partial charge < -0.3 is 0 Å². The lowest BCUT2D eigenvalue weighted by atomic mass is 10.2. The summed E-state index contributed by atoms with van der Waals surface area (Å²) in [5, 5.41) is 24.2. The van der Waals surface area contributed by atoms with Gasteiger partial charge in [-0.3, -0.25) is 10.1 Å². The van der Waals surface area contributed by atoms with Crippen LogP contribution in [0.25, 0.3) is 5.69 Å². The number of benzene rings is 1. The fraction of sp³-hybridized carbons (Fsp3) is 0.167. The molecule has 1 aromatic carbocycles. The summed E-state index contributed by atoms with van der Waals surface area (Å²) in [7, 11) is 0. The van der Waals surface area contributed by atoms with Crippen molar-refractivity contribution < 1.29 is 4.92 Å². The Labute approximate surface area is 114 Å². The van der Waals surface area contributed by atoms with E-state index < -0.39 is 4.92 Å². The first-order chi connectivity index (χ1) is 8.95. The molecule has 1 heterocycles. The van der Waals surface area contributed by atoms with Gasteiger partial charge in [0, 0.05) is 0 Å². The monoisotopic (exact) mass is 276 g/mol. The van der Waals surface area contributed by atoms with Crippen LogP contribution in [0.1, 0.15) is 17.0 Å². The summed E-state index contributed by atoms with van der Waals surface area (Å²) < 4.78 is 1.41. The normalized spacial score (nSPS) is 10.2. The van der Waals surface area contributed by atoms with Crippen LogP contribution in [0, 0.1) is 35.3 Å². The van der Waals surface area contributed by atoms with E-state index in [4.69, 9.17) is 16.9 Å². The van der Waals surface area contributed by atoms with E-state index in [0.29, 0.717) is 27.7 Å². The van der Waals surface area contributed by atoms with Crippen LogP contribution in [0.5, 0.6) is 0 Å². The molecule has 0 fully saturated rings. The molecule has 0 saturated heterocycles. The molecule has 0 aliphatic rings. The van der Waals surface area contributed by atoms with Crippen LogP contribution in [0.3, 0.4) is 0 Å². The number of nitriles is 1. The molecule has 0 radical (unpaired) electrons. The third-order valence-electron chi connectivity index (χ3n) is 2.74. The Bertz CT molecular complexity index is 715. The summed E-state index contributed by atoms with van der Waals surface area (Å²) in [5.74, 6) is 0. The Morgan fingerprint density at radius 2 is 2.16 bits per heavy atom. The second-order valence-electron chi connectivity index (χ2n) is 3.97. The molecule has 0 bridgehead atoms. The van der Waals surface area contributed by atoms with Gasteiger partial charge in [0.2, 0.25) is 0 Å². The number of nitro groups is 1. The predicted molar refractivity (Wildman–Crippen MR) is 69.4 cm³/mol. The molecular weight excluding hydrogens is 268 g/mol. The molecule has 96 valence electrons. The molecule has 0 atom stereocenters. The summed E-state index contributed by atoms with van der Waals surface area (Å²) in [4.78, 5) is 10.5. The lowest BCUT2D eigenvalue weighted by molar-refractivity contribution is -0.386. The van der Waals surface area contributed by atoms with E-state index in [0.717, 1.165) is 0 Å². The number of hydrogen-bond acceptors (Lipinski definition) is 4. The highest BCUT2D eigenvalue weighted by Crippen LogP contribution is 2.28. The van der Waals surface area contributed by atoms with Crippen molar-refractivity contribution >= 4 is 17.3 Å². The topological polar surface area (TPSA) is 84.8 Å². The number of hydrogen-bond donors (Lipinski definition) is 0. The Morgan fingerprint density at radius 1 is 1.47 bits per heavy atom. The second kappa shape index (κ2) is 4.71. The average Bonchev–Trinajstić information content (AvgIpc) is 2.64. The molecule has 6 nitrogen and oxygen atoms in total. The molecule has 19 heavy (non-hydrogen) atoms. The van der Waals surface area contributed by atoms with E-state index in [2.05, 4.69) is 5.10 Å². The van der Waals surface area contributed by atoms with Crippen molar-refractivity contribution in [2.24, 2.45) is 0 Å². The van der Waals surface area contributed by atoms with Crippen LogP contribution in [0.15, 0.2) is 18.2 Å². The molecule has 0 unspecified atom stereocenters. The Balaban J connectivity index is 2.64. The molecule has 0 saturated carbocycles. The van der Waals surface area contributed by atoms with Crippen LogP contribution in [-0.2, 0) is 0 Å². The molecule has 0 aliphatic heterocycles. The molecule has 2 aromatic rings. The summed E-state index contributed by atoms with van der Waals surface area (Å²) >= 11 is 6.07. The van der Waals surface area contributed by atoms with E-state index in [1.807, 2.05) is 6.07 Å². The maximum absolute atomic E-state index is 10.9. The van der Waals surface area contributed by atoms with Gasteiger partial charge in [0.15, 0.2) is 0 Å². The van der Waals surface area contributed by atoms with Crippen LogP contribution in [0.2, 0.25) is 5.02 Å². The highest BCUT2D eigenvalue weighted by atomic mass is 35.5. The van der Waals surface area contributed by atoms with E-state index in [1.165, 1.54) is 10.7 Å². The Kier molecular flexibility index (Phi) is 3.23. The molecule has 7 heteroatoms. The molecule has 0 aliphatic carbocycles. The first-order valence-electron chi connectivity index (χ1n) is 5.36. The maximum Gasteiger partial charge on any atom is 0.313 e. The number of aryl methyl sites for hydroxylation is 1. The van der Waals surface area contributed by atoms with Gasteiger partial charge in [0.25, 0.3) is 0 Å². The minimum atomic E-state index is -0.467. The fourth-order valence-electron chi connectivity index (χ4n) is 1.88. The van der Waals surface area contributed by atoms with Crippen molar-refractivity contribution in [1.29, 1.82) is 5.26 Å². The van der Waals surface area contributed by atoms with E-state index in [1.54, 1.807) is 26.0 Å². The third kappa shape index (κ3) is 2.16. The van der Waals surface area contributed by atoms with Gasteiger partial charge in [-0.1, -0.05) is 11.6 Å². The lowest BCUT2D eigenvalue weighted by Gasteiger charge is -2.06. The molecule has 1 aromatic heterocycles. The summed E-state index contributed by atoms with van der Waals surface area (Å²) in [6.45, 7) is 3.17. The standard InChI is InChI=1S/C12H9ClN4O2/c1-7-12(17(18)19)8(2)16(15-7)11-4-3-9(6-14)5-10(11)13/h3-5H,1-2H3. The zero-order chi connectivity index (χ0) is 14.2. The highest BCUT2D eigenvalue weighted by molar-refractivity contribution is 6.32. The number of aromatic nitrogens is 2. The zero-order valence-electron chi connectivity index (χ0n) is 10.2. The Hall–Kier alpha value is -2.39. The van der Waals surface area contributed by atoms with Crippen LogP contribution in [-0.4, -0.2) is 14.7 Å². The highest BCUT2D eigenvalue weighted by Gasteiger charge is 2.23. The summed E-state index contributed by atoms with van der Waals surface area (Å²) in [6.07, 6.45) is 0. The number of nitrogens with zero attached hydrogens (tertiary/aromatic N) is 4. The van der Waals surface area contributed by atoms with Crippen molar-refractivity contribution in [3.8, 4) is 11.8 Å². The van der Waals surface area contributed by atoms with E-state index in [9.17, 15) is 10.1 Å². The SMILES string of the molecule is Cc1nn(-c2ccc(C#N)cc2Cl)c(C)c1[N+](=O)[O-]. The van der Waals surface area contributed by atoms with Gasteiger partial charge >= 0.3 is 5.69 Å². The first-order valence-corrected chi connectivity index (χ1v) is 5.74. The average molecular weight is 277 g/mol. The minimum absolute atomic E-state index is 0.0274. The van der Waals surface area contributed by atoms with Gasteiger partial charge in [0.1, 0.15) is 11.4 Å². The molecule has 2 rings (SSSR count). The smallest absolute Gasteiger partial charge is 0.258 e. The van der Waals surface area contributed by atoms with Crippen LogP contribution in [0.4, 0.5) is 5.69 Å². The van der Waals surface area contributed by atoms with Crippen LogP contribution >= 0.6 is 11.6 Å². The van der Waals surface area contributed by atoms with Crippen molar-refractivity contribution in [1.82, 2.24) is 9.78 Å². The predicted octanol–water partition coefficient (Wildman–Crippen LogP) is 2.92. The van der Waals surface area contributed by atoms with Crippen molar-refractivity contribution in [2.75, 3.05) is 0 Å². The maximum atomic E-state index is 10.9. The fourth-order valence-corrected chi connectivity index (χ4v) is 2.14.